The Hall–Kier alpha value is -1.58. The van der Waals surface area contributed by atoms with Gasteiger partial charge in [0.1, 0.15) is 0 Å². The zero-order valence-corrected chi connectivity index (χ0v) is 10.8. The molecule has 18 heavy (non-hydrogen) atoms. The van der Waals surface area contributed by atoms with Gasteiger partial charge in [-0.15, -0.1) is 0 Å². The van der Waals surface area contributed by atoms with Gasteiger partial charge in [0.15, 0.2) is 0 Å². The van der Waals surface area contributed by atoms with Crippen LogP contribution in [0.2, 0.25) is 0 Å². The van der Waals surface area contributed by atoms with E-state index >= 15 is 0 Å². The number of likely N-dealkylation sites (N-methyl/N-ethyl adjacent to an activating group) is 1. The van der Waals surface area contributed by atoms with Crippen molar-refractivity contribution in [3.63, 3.8) is 0 Å². The van der Waals surface area contributed by atoms with E-state index in [1.807, 2.05) is 50.4 Å². The Labute approximate surface area is 108 Å². The minimum absolute atomic E-state index is 0.572. The molecule has 1 unspecified atom stereocenters. The Balaban J connectivity index is 1.99. The molecule has 0 amide bonds. The number of hydrogen-bond acceptors (Lipinski definition) is 3. The van der Waals surface area contributed by atoms with Crippen LogP contribution in [0.1, 0.15) is 18.1 Å². The van der Waals surface area contributed by atoms with E-state index in [1.165, 1.54) is 0 Å². The summed E-state index contributed by atoms with van der Waals surface area (Å²) in [6.45, 7) is 3.18. The molecule has 3 nitrogen and oxygen atoms in total. The first-order valence-electron chi connectivity index (χ1n) is 6.05. The van der Waals surface area contributed by atoms with Crippen LogP contribution in [-0.2, 0) is 12.1 Å². The molecule has 0 saturated carbocycles. The zero-order valence-electron chi connectivity index (χ0n) is 10.8. The lowest BCUT2D eigenvalue weighted by atomic mass is 9.95. The number of aliphatic hydroxyl groups is 1. The van der Waals surface area contributed by atoms with Gasteiger partial charge in [0.2, 0.25) is 0 Å². The van der Waals surface area contributed by atoms with Gasteiger partial charge in [0, 0.05) is 18.7 Å². The van der Waals surface area contributed by atoms with Crippen LogP contribution in [-0.4, -0.2) is 23.6 Å². The van der Waals surface area contributed by atoms with E-state index in [1.54, 1.807) is 12.5 Å². The molecule has 0 saturated heterocycles. The fourth-order valence-electron chi connectivity index (χ4n) is 2.16. The van der Waals surface area contributed by atoms with E-state index in [0.29, 0.717) is 6.54 Å². The van der Waals surface area contributed by atoms with Crippen molar-refractivity contribution < 1.29 is 9.52 Å². The predicted molar refractivity (Wildman–Crippen MR) is 71.1 cm³/mol. The van der Waals surface area contributed by atoms with Crippen molar-refractivity contribution in [1.29, 1.82) is 0 Å². The minimum Gasteiger partial charge on any atom is -0.472 e. The van der Waals surface area contributed by atoms with E-state index in [9.17, 15) is 5.11 Å². The van der Waals surface area contributed by atoms with E-state index in [2.05, 4.69) is 4.90 Å². The van der Waals surface area contributed by atoms with Crippen LogP contribution >= 0.6 is 0 Å². The van der Waals surface area contributed by atoms with Crippen molar-refractivity contribution in [2.24, 2.45) is 0 Å². The summed E-state index contributed by atoms with van der Waals surface area (Å²) in [5.41, 5.74) is 1.20. The second kappa shape index (κ2) is 5.38. The lowest BCUT2D eigenvalue weighted by Gasteiger charge is -2.29. The Morgan fingerprint density at radius 3 is 2.56 bits per heavy atom. The average molecular weight is 245 g/mol. The van der Waals surface area contributed by atoms with Crippen molar-refractivity contribution in [3.8, 4) is 0 Å². The van der Waals surface area contributed by atoms with Crippen molar-refractivity contribution in [2.75, 3.05) is 13.6 Å². The van der Waals surface area contributed by atoms with Gasteiger partial charge in [-0.3, -0.25) is 4.90 Å². The largest absolute Gasteiger partial charge is 0.472 e. The van der Waals surface area contributed by atoms with Gasteiger partial charge in [0.25, 0.3) is 0 Å². The van der Waals surface area contributed by atoms with E-state index in [4.69, 9.17) is 4.42 Å². The third-order valence-corrected chi connectivity index (χ3v) is 3.01. The third-order valence-electron chi connectivity index (χ3n) is 3.01. The molecule has 0 aliphatic carbocycles. The number of furan rings is 1. The highest BCUT2D eigenvalue weighted by Crippen LogP contribution is 2.21. The van der Waals surface area contributed by atoms with Crippen molar-refractivity contribution >= 4 is 0 Å². The summed E-state index contributed by atoms with van der Waals surface area (Å²) in [6.07, 6.45) is 3.40. The summed E-state index contributed by atoms with van der Waals surface area (Å²) in [5, 5.41) is 10.5. The summed E-state index contributed by atoms with van der Waals surface area (Å²) in [5.74, 6) is 0. The molecule has 0 bridgehead atoms. The predicted octanol–water partition coefficient (Wildman–Crippen LogP) is 2.62. The highest BCUT2D eigenvalue weighted by Gasteiger charge is 2.24. The molecule has 0 aliphatic rings. The first-order chi connectivity index (χ1) is 8.58. The number of rotatable bonds is 5. The first kappa shape index (κ1) is 12.9. The Kier molecular flexibility index (Phi) is 3.84. The van der Waals surface area contributed by atoms with Crippen LogP contribution in [0.25, 0.3) is 0 Å². The molecule has 0 radical (unpaired) electrons. The second-order valence-corrected chi connectivity index (χ2v) is 4.94. The van der Waals surface area contributed by atoms with E-state index in [-0.39, 0.29) is 0 Å². The van der Waals surface area contributed by atoms with Crippen LogP contribution in [0.4, 0.5) is 0 Å². The number of hydrogen-bond donors (Lipinski definition) is 1. The quantitative estimate of drug-likeness (QED) is 0.879. The van der Waals surface area contributed by atoms with Gasteiger partial charge < -0.3 is 9.52 Å². The summed E-state index contributed by atoms with van der Waals surface area (Å²) >= 11 is 0. The molecular formula is C15H19NO2. The highest BCUT2D eigenvalue weighted by molar-refractivity contribution is 5.21. The molecule has 1 heterocycles. The summed E-state index contributed by atoms with van der Waals surface area (Å²) < 4.78 is 5.04. The smallest absolute Gasteiger partial charge is 0.0994 e. The molecule has 96 valence electrons. The molecule has 1 atom stereocenters. The lowest BCUT2D eigenvalue weighted by Crippen LogP contribution is -2.36. The van der Waals surface area contributed by atoms with Gasteiger partial charge in [-0.2, -0.15) is 0 Å². The van der Waals surface area contributed by atoms with E-state index < -0.39 is 5.60 Å². The lowest BCUT2D eigenvalue weighted by molar-refractivity contribution is 0.0213. The topological polar surface area (TPSA) is 36.6 Å². The SMILES string of the molecule is CN(Cc1ccoc1)CC(C)(O)c1ccccc1. The van der Waals surface area contributed by atoms with Crippen LogP contribution < -0.4 is 0 Å². The van der Waals surface area contributed by atoms with Crippen LogP contribution in [0, 0.1) is 0 Å². The fourth-order valence-corrected chi connectivity index (χ4v) is 2.16. The third kappa shape index (κ3) is 3.22. The average Bonchev–Trinajstić information content (AvgIpc) is 2.82. The summed E-state index contributed by atoms with van der Waals surface area (Å²) in [4.78, 5) is 2.08. The maximum absolute atomic E-state index is 10.5. The van der Waals surface area contributed by atoms with Crippen molar-refractivity contribution in [2.45, 2.75) is 19.1 Å². The molecular weight excluding hydrogens is 226 g/mol. The molecule has 0 fully saturated rings. The molecule has 1 aromatic heterocycles. The van der Waals surface area contributed by atoms with Crippen molar-refractivity contribution in [3.05, 3.63) is 60.1 Å². The zero-order chi connectivity index (χ0) is 13.0. The summed E-state index contributed by atoms with van der Waals surface area (Å²) in [7, 11) is 1.99. The second-order valence-electron chi connectivity index (χ2n) is 4.94. The van der Waals surface area contributed by atoms with Crippen molar-refractivity contribution in [1.82, 2.24) is 4.90 Å². The first-order valence-corrected chi connectivity index (χ1v) is 6.05. The van der Waals surface area contributed by atoms with Gasteiger partial charge in [0.05, 0.1) is 18.1 Å². The van der Waals surface area contributed by atoms with Gasteiger partial charge in [-0.05, 0) is 25.6 Å². The Morgan fingerprint density at radius 1 is 1.22 bits per heavy atom. The standard InChI is InChI=1S/C15H19NO2/c1-15(17,14-6-4-3-5-7-14)12-16(2)10-13-8-9-18-11-13/h3-9,11,17H,10,12H2,1-2H3. The van der Waals surface area contributed by atoms with Gasteiger partial charge in [-0.25, -0.2) is 0 Å². The maximum Gasteiger partial charge on any atom is 0.0994 e. The highest BCUT2D eigenvalue weighted by atomic mass is 16.3. The van der Waals surface area contributed by atoms with Crippen LogP contribution in [0.3, 0.4) is 0 Å². The van der Waals surface area contributed by atoms with E-state index in [0.717, 1.165) is 17.7 Å². The monoisotopic (exact) mass is 245 g/mol. The summed E-state index contributed by atoms with van der Waals surface area (Å²) in [6, 6.07) is 11.7. The van der Waals surface area contributed by atoms with Gasteiger partial charge >= 0.3 is 0 Å². The maximum atomic E-state index is 10.5. The molecule has 1 aromatic carbocycles. The molecule has 2 aromatic rings. The molecule has 1 N–H and O–H groups in total. The number of benzene rings is 1. The molecule has 3 heteroatoms. The fraction of sp³-hybridized carbons (Fsp3) is 0.333. The normalized spacial score (nSPS) is 14.7. The molecule has 0 spiro atoms. The van der Waals surface area contributed by atoms with Gasteiger partial charge in [-0.1, -0.05) is 30.3 Å². The molecule has 0 aliphatic heterocycles. The van der Waals surface area contributed by atoms with Crippen LogP contribution in [0.15, 0.2) is 53.3 Å². The number of nitrogens with zero attached hydrogens (tertiary/aromatic N) is 1. The van der Waals surface area contributed by atoms with Crippen LogP contribution in [0.5, 0.6) is 0 Å². The Bertz CT molecular complexity index is 463. The molecule has 2 rings (SSSR count). The Morgan fingerprint density at radius 2 is 1.94 bits per heavy atom. The minimum atomic E-state index is -0.847.